The number of hydrogen-bond acceptors (Lipinski definition) is 5. The Morgan fingerprint density at radius 3 is 2.75 bits per heavy atom. The largest absolute Gasteiger partial charge is 0.383 e. The molecule has 0 aliphatic heterocycles. The molecule has 5 nitrogen and oxygen atoms in total. The minimum atomic E-state index is 0.475. The number of rotatable bonds is 2. The Morgan fingerprint density at radius 1 is 1.12 bits per heavy atom. The van der Waals surface area contributed by atoms with E-state index < -0.39 is 0 Å². The third kappa shape index (κ3) is 2.43. The van der Waals surface area contributed by atoms with E-state index in [9.17, 15) is 0 Å². The Hall–Kier alpha value is -2.15. The molecule has 0 spiro atoms. The van der Waals surface area contributed by atoms with Crippen molar-refractivity contribution in [3.05, 3.63) is 46.8 Å². The van der Waals surface area contributed by atoms with E-state index in [1.54, 1.807) is 29.7 Å². The van der Waals surface area contributed by atoms with Crippen molar-refractivity contribution >= 4 is 50.6 Å². The normalized spacial score (nSPS) is 11.3. The van der Waals surface area contributed by atoms with Crippen LogP contribution in [0.2, 0.25) is 10.0 Å². The summed E-state index contributed by atoms with van der Waals surface area (Å²) in [4.78, 5) is 14.7. The number of nitrogen functional groups attached to an aromatic ring is 1. The lowest BCUT2D eigenvalue weighted by atomic mass is 10.2. The zero-order valence-corrected chi connectivity index (χ0v) is 14.8. The number of nitrogens with two attached hydrogens (primary N) is 1. The number of halogens is 2. The van der Waals surface area contributed by atoms with E-state index in [-0.39, 0.29) is 0 Å². The van der Waals surface area contributed by atoms with Crippen molar-refractivity contribution in [3.63, 3.8) is 0 Å². The van der Waals surface area contributed by atoms with Gasteiger partial charge in [0.1, 0.15) is 22.8 Å². The molecule has 0 atom stereocenters. The van der Waals surface area contributed by atoms with Crippen LogP contribution in [0.15, 0.2) is 36.8 Å². The monoisotopic (exact) mass is 375 g/mol. The molecule has 0 unspecified atom stereocenters. The van der Waals surface area contributed by atoms with Gasteiger partial charge in [-0.1, -0.05) is 23.2 Å². The van der Waals surface area contributed by atoms with Crippen LogP contribution in [0.4, 0.5) is 5.82 Å². The number of aromatic nitrogens is 4. The van der Waals surface area contributed by atoms with Crippen molar-refractivity contribution < 1.29 is 0 Å². The molecule has 0 fully saturated rings. The number of nitrogens with zero attached hydrogens (tertiary/aromatic N) is 4. The summed E-state index contributed by atoms with van der Waals surface area (Å²) in [5, 5.41) is 2.07. The number of benzene rings is 1. The predicted molar refractivity (Wildman–Crippen MR) is 99.5 cm³/mol. The van der Waals surface area contributed by atoms with Gasteiger partial charge in [0.2, 0.25) is 0 Å². The van der Waals surface area contributed by atoms with Gasteiger partial charge in [-0.3, -0.25) is 0 Å². The van der Waals surface area contributed by atoms with Gasteiger partial charge in [0.05, 0.1) is 27.2 Å². The maximum Gasteiger partial charge on any atom is 0.141 e. The minimum Gasteiger partial charge on any atom is -0.383 e. The fourth-order valence-corrected chi connectivity index (χ4v) is 3.98. The van der Waals surface area contributed by atoms with E-state index >= 15 is 0 Å². The van der Waals surface area contributed by atoms with Crippen LogP contribution in [0.25, 0.3) is 32.2 Å². The van der Waals surface area contributed by atoms with Gasteiger partial charge in [0.15, 0.2) is 0 Å². The molecule has 2 N–H and O–H groups in total. The zero-order valence-electron chi connectivity index (χ0n) is 12.5. The Labute approximate surface area is 151 Å². The highest BCUT2D eigenvalue weighted by molar-refractivity contribution is 7.21. The highest BCUT2D eigenvalue weighted by Gasteiger charge is 2.16. The van der Waals surface area contributed by atoms with Gasteiger partial charge >= 0.3 is 0 Å². The van der Waals surface area contributed by atoms with Gasteiger partial charge in [0.25, 0.3) is 0 Å². The standard InChI is InChI=1S/C16H11Cl2N5S/c1-23-12(13-5-10-14(19)21-7-22-16(10)24-13)6-20-15(23)9-4-8(17)2-3-11(9)18/h2-7H,1H3,(H2,19,21,22). The molecule has 0 saturated carbocycles. The maximum absolute atomic E-state index is 6.30. The lowest BCUT2D eigenvalue weighted by molar-refractivity contribution is 0.935. The topological polar surface area (TPSA) is 69.6 Å². The molecule has 120 valence electrons. The number of thiophene rings is 1. The third-order valence-electron chi connectivity index (χ3n) is 3.77. The van der Waals surface area contributed by atoms with Crippen molar-refractivity contribution in [2.24, 2.45) is 7.05 Å². The Kier molecular flexibility index (Phi) is 3.68. The van der Waals surface area contributed by atoms with E-state index in [1.165, 1.54) is 6.33 Å². The summed E-state index contributed by atoms with van der Waals surface area (Å²) < 4.78 is 1.98. The average Bonchev–Trinajstić information content (AvgIpc) is 3.14. The first-order chi connectivity index (χ1) is 11.5. The molecule has 0 bridgehead atoms. The first kappa shape index (κ1) is 15.4. The fraction of sp³-hybridized carbons (Fsp3) is 0.0625. The summed E-state index contributed by atoms with van der Waals surface area (Å²) in [5.74, 6) is 1.22. The van der Waals surface area contributed by atoms with Crippen LogP contribution in [-0.2, 0) is 7.05 Å². The smallest absolute Gasteiger partial charge is 0.141 e. The first-order valence-corrected chi connectivity index (χ1v) is 8.59. The molecular weight excluding hydrogens is 365 g/mol. The van der Waals surface area contributed by atoms with E-state index in [1.807, 2.05) is 23.7 Å². The summed E-state index contributed by atoms with van der Waals surface area (Å²) in [6.07, 6.45) is 3.28. The van der Waals surface area contributed by atoms with Crippen molar-refractivity contribution in [1.82, 2.24) is 19.5 Å². The van der Waals surface area contributed by atoms with Gasteiger partial charge in [-0.25, -0.2) is 15.0 Å². The summed E-state index contributed by atoms with van der Waals surface area (Å²) >= 11 is 13.9. The highest BCUT2D eigenvalue weighted by atomic mass is 35.5. The second-order valence-electron chi connectivity index (χ2n) is 5.24. The molecule has 4 rings (SSSR count). The van der Waals surface area contributed by atoms with E-state index in [4.69, 9.17) is 28.9 Å². The second kappa shape index (κ2) is 5.73. The van der Waals surface area contributed by atoms with Gasteiger partial charge in [0, 0.05) is 17.6 Å². The SMILES string of the molecule is Cn1c(-c2cc3c(N)ncnc3s2)cnc1-c1cc(Cl)ccc1Cl. The zero-order chi connectivity index (χ0) is 16.8. The molecule has 0 amide bonds. The van der Waals surface area contributed by atoms with Crippen molar-refractivity contribution in [3.8, 4) is 22.0 Å². The van der Waals surface area contributed by atoms with E-state index in [2.05, 4.69) is 15.0 Å². The van der Waals surface area contributed by atoms with E-state index in [0.29, 0.717) is 15.9 Å². The molecule has 24 heavy (non-hydrogen) atoms. The Bertz CT molecular complexity index is 1070. The van der Waals surface area contributed by atoms with Crippen LogP contribution in [-0.4, -0.2) is 19.5 Å². The lowest BCUT2D eigenvalue weighted by Gasteiger charge is -2.07. The summed E-state index contributed by atoms with van der Waals surface area (Å²) in [6, 6.07) is 7.31. The molecule has 3 aromatic heterocycles. The number of anilines is 1. The molecule has 0 saturated heterocycles. The molecule has 0 aliphatic rings. The molecule has 8 heteroatoms. The lowest BCUT2D eigenvalue weighted by Crippen LogP contribution is -1.95. The molecule has 1 aromatic carbocycles. The third-order valence-corrected chi connectivity index (χ3v) is 5.40. The van der Waals surface area contributed by atoms with E-state index in [0.717, 1.165) is 32.2 Å². The van der Waals surface area contributed by atoms with Gasteiger partial charge < -0.3 is 10.3 Å². The second-order valence-corrected chi connectivity index (χ2v) is 7.11. The van der Waals surface area contributed by atoms with Gasteiger partial charge in [-0.15, -0.1) is 11.3 Å². The summed E-state index contributed by atoms with van der Waals surface area (Å²) in [7, 11) is 1.94. The predicted octanol–water partition coefficient (Wildman–Crippen LogP) is 4.65. The van der Waals surface area contributed by atoms with Crippen molar-refractivity contribution in [2.75, 3.05) is 5.73 Å². The first-order valence-electron chi connectivity index (χ1n) is 7.02. The highest BCUT2D eigenvalue weighted by Crippen LogP contribution is 2.37. The number of hydrogen-bond donors (Lipinski definition) is 1. The van der Waals surface area contributed by atoms with Crippen molar-refractivity contribution in [2.45, 2.75) is 0 Å². The fourth-order valence-electron chi connectivity index (χ4n) is 2.56. The molecular formula is C16H11Cl2N5S. The summed E-state index contributed by atoms with van der Waals surface area (Å²) in [5.41, 5.74) is 7.66. The molecule has 3 heterocycles. The average molecular weight is 376 g/mol. The van der Waals surface area contributed by atoms with Crippen LogP contribution in [0.1, 0.15) is 0 Å². The number of imidazole rings is 1. The Morgan fingerprint density at radius 2 is 1.96 bits per heavy atom. The molecule has 0 aliphatic carbocycles. The van der Waals surface area contributed by atoms with Crippen LogP contribution < -0.4 is 5.73 Å². The van der Waals surface area contributed by atoms with Gasteiger partial charge in [-0.05, 0) is 24.3 Å². The van der Waals surface area contributed by atoms with Crippen LogP contribution >= 0.6 is 34.5 Å². The minimum absolute atomic E-state index is 0.475. The number of fused-ring (bicyclic) bond motifs is 1. The van der Waals surface area contributed by atoms with Crippen LogP contribution in [0.3, 0.4) is 0 Å². The van der Waals surface area contributed by atoms with Crippen molar-refractivity contribution in [1.29, 1.82) is 0 Å². The Balaban J connectivity index is 1.87. The quantitative estimate of drug-likeness (QED) is 0.553. The van der Waals surface area contributed by atoms with Crippen LogP contribution in [0.5, 0.6) is 0 Å². The molecule has 4 aromatic rings. The van der Waals surface area contributed by atoms with Gasteiger partial charge in [-0.2, -0.15) is 0 Å². The maximum atomic E-state index is 6.30. The molecule has 0 radical (unpaired) electrons. The van der Waals surface area contributed by atoms with Crippen LogP contribution in [0, 0.1) is 0 Å². The summed E-state index contributed by atoms with van der Waals surface area (Å²) in [6.45, 7) is 0.